The number of aliphatic hydroxyl groups excluding tert-OH is 1. The lowest BCUT2D eigenvalue weighted by Crippen LogP contribution is -2.33. The molecule has 0 saturated carbocycles. The Bertz CT molecular complexity index is 125. The van der Waals surface area contributed by atoms with Gasteiger partial charge in [0.15, 0.2) is 0 Å². The third kappa shape index (κ3) is 5.01. The number of aliphatic hydroxyl groups is 1. The second-order valence-corrected chi connectivity index (χ2v) is 2.74. The maximum Gasteiger partial charge on any atom is 0.304 e. The molecule has 4 nitrogen and oxygen atoms in total. The molecule has 0 aliphatic rings. The van der Waals surface area contributed by atoms with E-state index in [9.17, 15) is 4.79 Å². The van der Waals surface area contributed by atoms with Gasteiger partial charge >= 0.3 is 5.97 Å². The van der Waals surface area contributed by atoms with E-state index < -0.39 is 11.4 Å². The van der Waals surface area contributed by atoms with Crippen LogP contribution in [0, 0.1) is 5.41 Å². The minimum Gasteiger partial charge on any atom is -0.481 e. The van der Waals surface area contributed by atoms with Gasteiger partial charge in [0.25, 0.3) is 0 Å². The number of carboxylic acids is 1. The van der Waals surface area contributed by atoms with Crippen molar-refractivity contribution in [2.75, 3.05) is 13.2 Å². The van der Waals surface area contributed by atoms with Crippen molar-refractivity contribution >= 4 is 18.4 Å². The molecular weight excluding hydrogens is 170 g/mol. The zero-order valence-corrected chi connectivity index (χ0v) is 7.23. The molecule has 0 aromatic heterocycles. The Hall–Kier alpha value is -0.320. The highest BCUT2D eigenvalue weighted by atomic mass is 35.5. The number of aliphatic carboxylic acids is 1. The third-order valence-corrected chi connectivity index (χ3v) is 1.45. The molecule has 1 unspecified atom stereocenters. The Balaban J connectivity index is 0. The van der Waals surface area contributed by atoms with E-state index >= 15 is 0 Å². The van der Waals surface area contributed by atoms with Crippen LogP contribution in [-0.4, -0.2) is 29.3 Å². The number of carbonyl (C=O) groups is 1. The molecule has 0 spiro atoms. The summed E-state index contributed by atoms with van der Waals surface area (Å²) < 4.78 is 0. The van der Waals surface area contributed by atoms with E-state index in [2.05, 4.69) is 0 Å². The minimum absolute atomic E-state index is 0. The lowest BCUT2D eigenvalue weighted by molar-refractivity contribution is -0.140. The first-order chi connectivity index (χ1) is 4.54. The molecule has 5 heteroatoms. The van der Waals surface area contributed by atoms with Crippen LogP contribution in [0.15, 0.2) is 0 Å². The average molecular weight is 184 g/mol. The van der Waals surface area contributed by atoms with Crippen molar-refractivity contribution < 1.29 is 15.0 Å². The molecule has 4 N–H and O–H groups in total. The van der Waals surface area contributed by atoms with E-state index in [1.807, 2.05) is 0 Å². The quantitative estimate of drug-likeness (QED) is 0.566. The van der Waals surface area contributed by atoms with E-state index in [1.165, 1.54) is 0 Å². The first kappa shape index (κ1) is 13.3. The van der Waals surface area contributed by atoms with Gasteiger partial charge in [-0.25, -0.2) is 0 Å². The number of hydrogen-bond acceptors (Lipinski definition) is 3. The highest BCUT2D eigenvalue weighted by Crippen LogP contribution is 2.17. The molecule has 11 heavy (non-hydrogen) atoms. The zero-order chi connectivity index (χ0) is 8.20. The Labute approximate surface area is 71.8 Å². The van der Waals surface area contributed by atoms with Gasteiger partial charge in [-0.05, 0) is 0 Å². The molecule has 0 radical (unpaired) electrons. The topological polar surface area (TPSA) is 83.5 Å². The fraction of sp³-hybridized carbons (Fsp3) is 0.833. The maximum atomic E-state index is 10.2. The molecule has 0 aliphatic heterocycles. The monoisotopic (exact) mass is 183 g/mol. The fourth-order valence-corrected chi connectivity index (χ4v) is 0.558. The summed E-state index contributed by atoms with van der Waals surface area (Å²) in [5.74, 6) is -0.929. The van der Waals surface area contributed by atoms with Crippen molar-refractivity contribution in [2.24, 2.45) is 11.1 Å². The van der Waals surface area contributed by atoms with Crippen LogP contribution in [0.5, 0.6) is 0 Å². The highest BCUT2D eigenvalue weighted by molar-refractivity contribution is 5.85. The van der Waals surface area contributed by atoms with Crippen LogP contribution in [0.2, 0.25) is 0 Å². The van der Waals surface area contributed by atoms with E-state index in [0.717, 1.165) is 0 Å². The van der Waals surface area contributed by atoms with Crippen LogP contribution in [0.4, 0.5) is 0 Å². The highest BCUT2D eigenvalue weighted by Gasteiger charge is 2.24. The average Bonchev–Trinajstić information content (AvgIpc) is 1.87. The number of nitrogens with two attached hydrogens (primary N) is 1. The first-order valence-electron chi connectivity index (χ1n) is 3.07. The standard InChI is InChI=1S/C6H13NO3.ClH/c1-6(3-7,4-8)2-5(9)10;/h8H,2-4,7H2,1H3,(H,9,10);1H. The van der Waals surface area contributed by atoms with E-state index in [4.69, 9.17) is 15.9 Å². The van der Waals surface area contributed by atoms with Gasteiger partial charge in [-0.3, -0.25) is 4.79 Å². The summed E-state index contributed by atoms with van der Waals surface area (Å²) in [4.78, 5) is 10.2. The van der Waals surface area contributed by atoms with Gasteiger partial charge in [-0.2, -0.15) is 0 Å². The molecule has 0 heterocycles. The summed E-state index contributed by atoms with van der Waals surface area (Å²) >= 11 is 0. The van der Waals surface area contributed by atoms with Crippen molar-refractivity contribution in [3.63, 3.8) is 0 Å². The molecule has 68 valence electrons. The van der Waals surface area contributed by atoms with Crippen molar-refractivity contribution in [1.82, 2.24) is 0 Å². The van der Waals surface area contributed by atoms with Gasteiger partial charge in [0.05, 0.1) is 13.0 Å². The summed E-state index contributed by atoms with van der Waals surface area (Å²) in [6, 6.07) is 0. The zero-order valence-electron chi connectivity index (χ0n) is 6.41. The van der Waals surface area contributed by atoms with Gasteiger partial charge in [0, 0.05) is 12.0 Å². The Kier molecular flexibility index (Phi) is 6.46. The summed E-state index contributed by atoms with van der Waals surface area (Å²) in [6.07, 6.45) is -0.0833. The molecule has 0 aliphatic carbocycles. The van der Waals surface area contributed by atoms with Crippen molar-refractivity contribution in [1.29, 1.82) is 0 Å². The van der Waals surface area contributed by atoms with Gasteiger partial charge < -0.3 is 15.9 Å². The predicted molar refractivity (Wildman–Crippen MR) is 43.7 cm³/mol. The number of carboxylic acid groups (broad SMARTS) is 1. The molecule has 0 saturated heterocycles. The van der Waals surface area contributed by atoms with E-state index in [0.29, 0.717) is 0 Å². The SMILES string of the molecule is CC(CN)(CO)CC(=O)O.Cl. The lowest BCUT2D eigenvalue weighted by Gasteiger charge is -2.22. The van der Waals surface area contributed by atoms with E-state index in [-0.39, 0.29) is 32.0 Å². The maximum absolute atomic E-state index is 10.2. The third-order valence-electron chi connectivity index (χ3n) is 1.45. The van der Waals surface area contributed by atoms with Gasteiger partial charge in [-0.15, -0.1) is 12.4 Å². The van der Waals surface area contributed by atoms with Crippen LogP contribution in [-0.2, 0) is 4.79 Å². The first-order valence-corrected chi connectivity index (χ1v) is 3.07. The largest absolute Gasteiger partial charge is 0.481 e. The molecular formula is C6H14ClNO3. The number of halogens is 1. The van der Waals surface area contributed by atoms with Crippen molar-refractivity contribution in [2.45, 2.75) is 13.3 Å². The van der Waals surface area contributed by atoms with Gasteiger partial charge in [0.1, 0.15) is 0 Å². The Morgan fingerprint density at radius 1 is 1.64 bits per heavy atom. The summed E-state index contributed by atoms with van der Waals surface area (Å²) in [5, 5.41) is 17.0. The fourth-order valence-electron chi connectivity index (χ4n) is 0.558. The summed E-state index contributed by atoms with van der Waals surface area (Å²) in [7, 11) is 0. The molecule has 0 fully saturated rings. The summed E-state index contributed by atoms with van der Waals surface area (Å²) in [5.41, 5.74) is 4.58. The van der Waals surface area contributed by atoms with Crippen molar-refractivity contribution in [3.05, 3.63) is 0 Å². The molecule has 0 aromatic rings. The smallest absolute Gasteiger partial charge is 0.304 e. The van der Waals surface area contributed by atoms with Gasteiger partial charge in [0.2, 0.25) is 0 Å². The lowest BCUT2D eigenvalue weighted by atomic mass is 9.88. The van der Waals surface area contributed by atoms with E-state index in [1.54, 1.807) is 6.92 Å². The molecule has 0 amide bonds. The molecule has 1 atom stereocenters. The minimum atomic E-state index is -0.929. The molecule has 0 bridgehead atoms. The van der Waals surface area contributed by atoms with Crippen LogP contribution < -0.4 is 5.73 Å². The normalized spacial score (nSPS) is 14.8. The number of hydrogen-bond donors (Lipinski definition) is 3. The van der Waals surface area contributed by atoms with Crippen LogP contribution in [0.3, 0.4) is 0 Å². The van der Waals surface area contributed by atoms with Crippen molar-refractivity contribution in [3.8, 4) is 0 Å². The summed E-state index contributed by atoms with van der Waals surface area (Å²) in [6.45, 7) is 1.65. The second-order valence-electron chi connectivity index (χ2n) is 2.74. The van der Waals surface area contributed by atoms with Gasteiger partial charge in [-0.1, -0.05) is 6.92 Å². The van der Waals surface area contributed by atoms with Crippen LogP contribution >= 0.6 is 12.4 Å². The van der Waals surface area contributed by atoms with Crippen LogP contribution in [0.1, 0.15) is 13.3 Å². The number of rotatable bonds is 4. The Morgan fingerprint density at radius 3 is 2.18 bits per heavy atom. The second kappa shape index (κ2) is 5.35. The molecule has 0 rings (SSSR count). The van der Waals surface area contributed by atoms with Crippen LogP contribution in [0.25, 0.3) is 0 Å². The predicted octanol–water partition coefficient (Wildman–Crippen LogP) is -0.160. The molecule has 0 aromatic carbocycles. The Morgan fingerprint density at radius 2 is 2.09 bits per heavy atom.